The number of aryl methyl sites for hydroxylation is 1. The molecule has 122 valence electrons. The van der Waals surface area contributed by atoms with Gasteiger partial charge < -0.3 is 11.1 Å². The van der Waals surface area contributed by atoms with E-state index in [2.05, 4.69) is 5.32 Å². The molecule has 0 saturated heterocycles. The van der Waals surface area contributed by atoms with E-state index in [-0.39, 0.29) is 5.56 Å². The van der Waals surface area contributed by atoms with Gasteiger partial charge in [-0.2, -0.15) is 0 Å². The average molecular weight is 318 g/mol. The van der Waals surface area contributed by atoms with Crippen molar-refractivity contribution >= 4 is 5.91 Å². The molecule has 3 N–H and O–H groups in total. The number of nitrogens with one attached hydrogen (secondary N) is 1. The van der Waals surface area contributed by atoms with Gasteiger partial charge >= 0.3 is 0 Å². The Morgan fingerprint density at radius 1 is 1.17 bits per heavy atom. The second-order valence-electron chi connectivity index (χ2n) is 5.52. The van der Waals surface area contributed by atoms with Gasteiger partial charge in [0.15, 0.2) is 0 Å². The molecule has 2 atom stereocenters. The number of rotatable bonds is 5. The highest BCUT2D eigenvalue weighted by Crippen LogP contribution is 2.22. The quantitative estimate of drug-likeness (QED) is 0.886. The highest BCUT2D eigenvalue weighted by atomic mass is 19.1. The number of nitrogens with two attached hydrogens (primary N) is 1. The second-order valence-corrected chi connectivity index (χ2v) is 5.52. The van der Waals surface area contributed by atoms with Crippen molar-refractivity contribution < 1.29 is 13.6 Å². The first-order chi connectivity index (χ1) is 10.9. The van der Waals surface area contributed by atoms with E-state index in [9.17, 15) is 13.6 Å². The van der Waals surface area contributed by atoms with E-state index in [4.69, 9.17) is 5.73 Å². The summed E-state index contributed by atoms with van der Waals surface area (Å²) >= 11 is 0. The lowest BCUT2D eigenvalue weighted by Crippen LogP contribution is -2.36. The lowest BCUT2D eigenvalue weighted by Gasteiger charge is -2.21. The maximum Gasteiger partial charge on any atom is 0.241 e. The molecule has 23 heavy (non-hydrogen) atoms. The summed E-state index contributed by atoms with van der Waals surface area (Å²) in [5.74, 6) is -1.73. The van der Waals surface area contributed by atoms with Crippen molar-refractivity contribution in [3.63, 3.8) is 0 Å². The Morgan fingerprint density at radius 3 is 2.39 bits per heavy atom. The molecule has 0 aliphatic carbocycles. The smallest absolute Gasteiger partial charge is 0.241 e. The van der Waals surface area contributed by atoms with Crippen LogP contribution in [0, 0.1) is 18.6 Å². The Bertz CT molecular complexity index is 686. The molecule has 0 aliphatic rings. The van der Waals surface area contributed by atoms with Crippen molar-refractivity contribution in [1.29, 1.82) is 0 Å². The summed E-state index contributed by atoms with van der Waals surface area (Å²) < 4.78 is 26.9. The van der Waals surface area contributed by atoms with Gasteiger partial charge in [-0.25, -0.2) is 8.78 Å². The van der Waals surface area contributed by atoms with Crippen molar-refractivity contribution in [2.45, 2.75) is 32.4 Å². The summed E-state index contributed by atoms with van der Waals surface area (Å²) in [6.45, 7) is 3.75. The number of benzene rings is 2. The first kappa shape index (κ1) is 17.1. The summed E-state index contributed by atoms with van der Waals surface area (Å²) in [5, 5.41) is 2.73. The lowest BCUT2D eigenvalue weighted by molar-refractivity contribution is -0.123. The largest absolute Gasteiger partial charge is 0.348 e. The third-order valence-electron chi connectivity index (χ3n) is 3.78. The molecule has 0 aromatic heterocycles. The van der Waals surface area contributed by atoms with E-state index in [1.165, 1.54) is 12.1 Å². The number of amides is 1. The lowest BCUT2D eigenvalue weighted by atomic mass is 10.0. The summed E-state index contributed by atoms with van der Waals surface area (Å²) in [5.41, 5.74) is 7.97. The summed E-state index contributed by atoms with van der Waals surface area (Å²) in [4.78, 5) is 12.3. The predicted octanol–water partition coefficient (Wildman–Crippen LogP) is 3.54. The van der Waals surface area contributed by atoms with E-state index >= 15 is 0 Å². The number of carbonyl (C=O) groups is 1. The minimum atomic E-state index is -0.840. The maximum absolute atomic E-state index is 13.9. The molecule has 1 amide bonds. The molecule has 2 aromatic carbocycles. The molecule has 3 nitrogen and oxygen atoms in total. The van der Waals surface area contributed by atoms with Crippen LogP contribution in [-0.2, 0) is 4.79 Å². The van der Waals surface area contributed by atoms with Crippen molar-refractivity contribution in [1.82, 2.24) is 5.32 Å². The number of halogens is 2. The van der Waals surface area contributed by atoms with Crippen molar-refractivity contribution in [2.24, 2.45) is 5.73 Å². The average Bonchev–Trinajstić information content (AvgIpc) is 2.53. The summed E-state index contributed by atoms with van der Waals surface area (Å²) in [6, 6.07) is 9.26. The molecule has 2 rings (SSSR count). The minimum Gasteiger partial charge on any atom is -0.348 e. The van der Waals surface area contributed by atoms with Gasteiger partial charge in [0.1, 0.15) is 17.7 Å². The van der Waals surface area contributed by atoms with E-state index in [0.717, 1.165) is 11.6 Å². The standard InChI is InChI=1S/C18H20F2N2O/c1-3-16(14-9-8-13(19)10-15(14)20)22-18(23)17(21)12-6-4-11(2)5-7-12/h4-10,16-17H,3,21H2,1-2H3,(H,22,23). The molecule has 0 fully saturated rings. The molecular weight excluding hydrogens is 298 g/mol. The highest BCUT2D eigenvalue weighted by Gasteiger charge is 2.21. The van der Waals surface area contributed by atoms with Gasteiger partial charge in [0.2, 0.25) is 5.91 Å². The maximum atomic E-state index is 13.9. The zero-order valence-corrected chi connectivity index (χ0v) is 13.1. The van der Waals surface area contributed by atoms with Crippen LogP contribution < -0.4 is 11.1 Å². The van der Waals surface area contributed by atoms with Crippen LogP contribution in [0.15, 0.2) is 42.5 Å². The van der Waals surface area contributed by atoms with Gasteiger partial charge in [-0.05, 0) is 25.0 Å². The summed E-state index contributed by atoms with van der Waals surface area (Å²) in [7, 11) is 0. The topological polar surface area (TPSA) is 55.1 Å². The molecule has 0 spiro atoms. The fraction of sp³-hybridized carbons (Fsp3) is 0.278. The van der Waals surface area contributed by atoms with E-state index < -0.39 is 29.6 Å². The van der Waals surface area contributed by atoms with Crippen molar-refractivity contribution in [3.8, 4) is 0 Å². The van der Waals surface area contributed by atoms with Crippen LogP contribution >= 0.6 is 0 Å². The first-order valence-electron chi connectivity index (χ1n) is 7.49. The van der Waals surface area contributed by atoms with Crippen LogP contribution in [0.4, 0.5) is 8.78 Å². The molecule has 0 heterocycles. The zero-order valence-electron chi connectivity index (χ0n) is 13.1. The number of carbonyl (C=O) groups excluding carboxylic acids is 1. The SMILES string of the molecule is CCC(NC(=O)C(N)c1ccc(C)cc1)c1ccc(F)cc1F. The Kier molecular flexibility index (Phi) is 5.45. The zero-order chi connectivity index (χ0) is 17.0. The second kappa shape index (κ2) is 7.33. The van der Waals surface area contributed by atoms with Gasteiger partial charge in [-0.3, -0.25) is 4.79 Å². The molecule has 0 bridgehead atoms. The third-order valence-corrected chi connectivity index (χ3v) is 3.78. The van der Waals surface area contributed by atoms with Gasteiger partial charge in [0.25, 0.3) is 0 Å². The predicted molar refractivity (Wildman–Crippen MR) is 85.6 cm³/mol. The fourth-order valence-electron chi connectivity index (χ4n) is 2.37. The van der Waals surface area contributed by atoms with Crippen LogP contribution in [0.2, 0.25) is 0 Å². The van der Waals surface area contributed by atoms with E-state index in [0.29, 0.717) is 12.0 Å². The van der Waals surface area contributed by atoms with Crippen LogP contribution in [-0.4, -0.2) is 5.91 Å². The van der Waals surface area contributed by atoms with Crippen molar-refractivity contribution in [3.05, 3.63) is 70.8 Å². The van der Waals surface area contributed by atoms with Crippen LogP contribution in [0.5, 0.6) is 0 Å². The Balaban J connectivity index is 2.14. The highest BCUT2D eigenvalue weighted by molar-refractivity contribution is 5.83. The van der Waals surface area contributed by atoms with E-state index in [1.54, 1.807) is 12.1 Å². The molecule has 5 heteroatoms. The number of hydrogen-bond acceptors (Lipinski definition) is 2. The fourth-order valence-corrected chi connectivity index (χ4v) is 2.37. The monoisotopic (exact) mass is 318 g/mol. The van der Waals surface area contributed by atoms with E-state index in [1.807, 2.05) is 26.0 Å². The molecule has 2 unspecified atom stereocenters. The Labute approximate surface area is 134 Å². The molecular formula is C18H20F2N2O. The Morgan fingerprint density at radius 2 is 1.83 bits per heavy atom. The van der Waals surface area contributed by atoms with Crippen LogP contribution in [0.3, 0.4) is 0 Å². The van der Waals surface area contributed by atoms with Gasteiger partial charge in [-0.1, -0.05) is 42.8 Å². The normalized spacial score (nSPS) is 13.4. The van der Waals surface area contributed by atoms with Crippen LogP contribution in [0.1, 0.15) is 42.1 Å². The molecule has 0 saturated carbocycles. The molecule has 2 aromatic rings. The Hall–Kier alpha value is -2.27. The van der Waals surface area contributed by atoms with Gasteiger partial charge in [0.05, 0.1) is 6.04 Å². The van der Waals surface area contributed by atoms with Crippen LogP contribution in [0.25, 0.3) is 0 Å². The summed E-state index contributed by atoms with van der Waals surface area (Å²) in [6.07, 6.45) is 0.467. The van der Waals surface area contributed by atoms with Gasteiger partial charge in [0, 0.05) is 11.6 Å². The van der Waals surface area contributed by atoms with Gasteiger partial charge in [-0.15, -0.1) is 0 Å². The number of hydrogen-bond donors (Lipinski definition) is 2. The van der Waals surface area contributed by atoms with Crippen molar-refractivity contribution in [2.75, 3.05) is 0 Å². The molecule has 0 aliphatic heterocycles. The minimum absolute atomic E-state index is 0.248. The first-order valence-corrected chi connectivity index (χ1v) is 7.49. The molecule has 0 radical (unpaired) electrons. The third kappa shape index (κ3) is 4.13.